The summed E-state index contributed by atoms with van der Waals surface area (Å²) in [5.41, 5.74) is 10.8. The molecule has 1 aliphatic carbocycles. The number of benzene rings is 2. The van der Waals surface area contributed by atoms with Crippen LogP contribution in [0.25, 0.3) is 16.9 Å². The molecule has 0 aliphatic heterocycles. The van der Waals surface area contributed by atoms with Gasteiger partial charge in [0.1, 0.15) is 18.0 Å². The lowest BCUT2D eigenvalue weighted by molar-refractivity contribution is 0.213. The van der Waals surface area contributed by atoms with Crippen molar-refractivity contribution in [2.75, 3.05) is 16.4 Å². The number of aromatic nitrogens is 6. The average molecular weight is 482 g/mol. The Morgan fingerprint density at radius 1 is 1.14 bits per heavy atom. The van der Waals surface area contributed by atoms with Crippen LogP contribution >= 0.6 is 0 Å². The van der Waals surface area contributed by atoms with Gasteiger partial charge >= 0.3 is 6.09 Å². The molecule has 5 N–H and O–H groups in total. The van der Waals surface area contributed by atoms with Crippen molar-refractivity contribution in [2.45, 2.75) is 25.7 Å². The van der Waals surface area contributed by atoms with E-state index in [-0.39, 0.29) is 5.88 Å². The predicted octanol–water partition coefficient (Wildman–Crippen LogP) is 4.66. The number of carbonyl (C=O) groups excluding carboxylic acids is 1. The van der Waals surface area contributed by atoms with E-state index in [2.05, 4.69) is 30.8 Å². The number of ether oxygens (including phenoxy) is 1. The van der Waals surface area contributed by atoms with Crippen molar-refractivity contribution in [1.82, 2.24) is 29.7 Å². The first kappa shape index (κ1) is 21.6. The smallest absolute Gasteiger partial charge is 0.389 e. The first-order valence-corrected chi connectivity index (χ1v) is 11.5. The van der Waals surface area contributed by atoms with E-state index in [1.807, 2.05) is 47.9 Å². The van der Waals surface area contributed by atoms with Crippen LogP contribution < -0.4 is 21.1 Å². The standard InChI is InChI=1S/C25H23N9O2/c1-14-6-9-16(29-25(35)36-23-11-19(32-33-23)15-7-8-15)10-18(14)31-24-30-17-4-2-3-5-20(17)34(24)22-12-21(26)27-13-28-22/h2-6,9-13,15H,7-8H2,1H3,(H,29,35)(H,30,31)(H,32,33)(H2,26,27,28). The van der Waals surface area contributed by atoms with Gasteiger partial charge in [0.15, 0.2) is 0 Å². The Labute approximate surface area is 205 Å². The van der Waals surface area contributed by atoms with E-state index in [4.69, 9.17) is 15.5 Å². The molecule has 11 nitrogen and oxygen atoms in total. The molecule has 0 saturated heterocycles. The Morgan fingerprint density at radius 3 is 2.83 bits per heavy atom. The Balaban J connectivity index is 1.26. The Bertz CT molecular complexity index is 1590. The monoisotopic (exact) mass is 481 g/mol. The lowest BCUT2D eigenvalue weighted by Crippen LogP contribution is -2.17. The van der Waals surface area contributed by atoms with Gasteiger partial charge in [0.25, 0.3) is 0 Å². The number of aromatic amines is 1. The maximum atomic E-state index is 12.5. The molecule has 2 aromatic carbocycles. The van der Waals surface area contributed by atoms with Gasteiger partial charge in [-0.25, -0.2) is 19.7 Å². The molecule has 5 aromatic rings. The van der Waals surface area contributed by atoms with Gasteiger partial charge in [-0.15, -0.1) is 5.10 Å². The molecular formula is C25H23N9O2. The van der Waals surface area contributed by atoms with Crippen molar-refractivity contribution >= 4 is 40.3 Å². The van der Waals surface area contributed by atoms with Crippen molar-refractivity contribution in [3.63, 3.8) is 0 Å². The van der Waals surface area contributed by atoms with Gasteiger partial charge in [0, 0.05) is 35.1 Å². The van der Waals surface area contributed by atoms with Crippen molar-refractivity contribution in [2.24, 2.45) is 0 Å². The first-order valence-electron chi connectivity index (χ1n) is 11.5. The van der Waals surface area contributed by atoms with Gasteiger partial charge < -0.3 is 15.8 Å². The lowest BCUT2D eigenvalue weighted by atomic mass is 10.2. The molecule has 1 fully saturated rings. The number of fused-ring (bicyclic) bond motifs is 1. The van der Waals surface area contributed by atoms with Gasteiger partial charge in [-0.1, -0.05) is 18.2 Å². The molecule has 1 amide bonds. The van der Waals surface area contributed by atoms with Crippen molar-refractivity contribution in [3.05, 3.63) is 72.2 Å². The van der Waals surface area contributed by atoms with Gasteiger partial charge in [0.2, 0.25) is 11.8 Å². The summed E-state index contributed by atoms with van der Waals surface area (Å²) < 4.78 is 7.21. The molecule has 36 heavy (non-hydrogen) atoms. The number of anilines is 4. The molecule has 0 spiro atoms. The van der Waals surface area contributed by atoms with Crippen LogP contribution in [0, 0.1) is 6.92 Å². The number of rotatable bonds is 6. The molecule has 1 saturated carbocycles. The minimum absolute atomic E-state index is 0.248. The molecule has 0 radical (unpaired) electrons. The topological polar surface area (TPSA) is 149 Å². The van der Waals surface area contributed by atoms with E-state index in [0.717, 1.165) is 40.8 Å². The second-order valence-corrected chi connectivity index (χ2v) is 8.67. The second-order valence-electron chi connectivity index (χ2n) is 8.67. The van der Waals surface area contributed by atoms with Crippen LogP contribution in [0.4, 0.5) is 27.9 Å². The maximum Gasteiger partial charge on any atom is 0.418 e. The molecule has 0 bridgehead atoms. The highest BCUT2D eigenvalue weighted by Gasteiger charge is 2.26. The quantitative estimate of drug-likeness (QED) is 0.274. The number of hydrogen-bond acceptors (Lipinski definition) is 8. The third-order valence-electron chi connectivity index (χ3n) is 5.98. The normalized spacial score (nSPS) is 13.0. The lowest BCUT2D eigenvalue weighted by Gasteiger charge is -2.13. The summed E-state index contributed by atoms with van der Waals surface area (Å²) in [6, 6.07) is 16.7. The minimum atomic E-state index is -0.623. The molecule has 1 aliphatic rings. The number of nitrogens with one attached hydrogen (secondary N) is 3. The minimum Gasteiger partial charge on any atom is -0.389 e. The van der Waals surface area contributed by atoms with Gasteiger partial charge in [0.05, 0.1) is 11.0 Å². The Hall–Kier alpha value is -4.93. The molecular weight excluding hydrogens is 458 g/mol. The van der Waals surface area contributed by atoms with Crippen molar-refractivity contribution in [3.8, 4) is 11.7 Å². The van der Waals surface area contributed by atoms with E-state index in [1.165, 1.54) is 6.33 Å². The van der Waals surface area contributed by atoms with E-state index in [9.17, 15) is 4.79 Å². The van der Waals surface area contributed by atoms with E-state index < -0.39 is 6.09 Å². The molecule has 11 heteroatoms. The summed E-state index contributed by atoms with van der Waals surface area (Å²) in [7, 11) is 0. The Kier molecular flexibility index (Phi) is 5.21. The second kappa shape index (κ2) is 8.69. The van der Waals surface area contributed by atoms with Crippen LogP contribution in [0.3, 0.4) is 0 Å². The highest BCUT2D eigenvalue weighted by molar-refractivity contribution is 5.88. The highest BCUT2D eigenvalue weighted by Crippen LogP contribution is 2.39. The number of nitrogens with zero attached hydrogens (tertiary/aromatic N) is 5. The number of hydrogen-bond donors (Lipinski definition) is 4. The largest absolute Gasteiger partial charge is 0.418 e. The summed E-state index contributed by atoms with van der Waals surface area (Å²) in [4.78, 5) is 25.6. The average Bonchev–Trinajstić information content (AvgIpc) is 3.50. The third-order valence-corrected chi connectivity index (χ3v) is 5.98. The number of nitrogen functional groups attached to an aromatic ring is 1. The van der Waals surface area contributed by atoms with Crippen LogP contribution in [0.1, 0.15) is 30.0 Å². The van der Waals surface area contributed by atoms with Gasteiger partial charge in [-0.2, -0.15) is 0 Å². The summed E-state index contributed by atoms with van der Waals surface area (Å²) in [5.74, 6) is 2.22. The van der Waals surface area contributed by atoms with Crippen LogP contribution in [0.5, 0.6) is 5.88 Å². The fraction of sp³-hybridized carbons (Fsp3) is 0.160. The molecule has 0 atom stereocenters. The van der Waals surface area contributed by atoms with E-state index >= 15 is 0 Å². The first-order chi connectivity index (χ1) is 17.5. The van der Waals surface area contributed by atoms with Crippen molar-refractivity contribution < 1.29 is 9.53 Å². The Morgan fingerprint density at radius 2 is 2.00 bits per heavy atom. The summed E-state index contributed by atoms with van der Waals surface area (Å²) >= 11 is 0. The number of carbonyl (C=O) groups is 1. The zero-order chi connectivity index (χ0) is 24.6. The zero-order valence-electron chi connectivity index (χ0n) is 19.4. The fourth-order valence-electron chi connectivity index (χ4n) is 3.99. The number of H-pyrrole nitrogens is 1. The van der Waals surface area contributed by atoms with Crippen LogP contribution in [-0.4, -0.2) is 35.8 Å². The summed E-state index contributed by atoms with van der Waals surface area (Å²) in [5, 5.41) is 13.1. The number of aryl methyl sites for hydroxylation is 1. The molecule has 6 rings (SSSR count). The van der Waals surface area contributed by atoms with Crippen LogP contribution in [-0.2, 0) is 0 Å². The number of para-hydroxylation sites is 2. The fourth-order valence-corrected chi connectivity index (χ4v) is 3.99. The molecule has 0 unspecified atom stereocenters. The number of nitrogens with two attached hydrogens (primary N) is 1. The SMILES string of the molecule is Cc1ccc(NC(=O)Oc2cc(C3CC3)[nH]n2)cc1Nc1nc2ccccc2n1-c1cc(N)ncn1. The predicted molar refractivity (Wildman–Crippen MR) is 136 cm³/mol. The summed E-state index contributed by atoms with van der Waals surface area (Å²) in [6.45, 7) is 1.96. The molecule has 180 valence electrons. The summed E-state index contributed by atoms with van der Waals surface area (Å²) in [6.07, 6.45) is 3.05. The van der Waals surface area contributed by atoms with E-state index in [0.29, 0.717) is 29.2 Å². The van der Waals surface area contributed by atoms with Gasteiger partial charge in [-0.05, 0) is 49.6 Å². The van der Waals surface area contributed by atoms with Crippen molar-refractivity contribution in [1.29, 1.82) is 0 Å². The number of imidazole rings is 1. The maximum absolute atomic E-state index is 12.5. The number of amides is 1. The highest BCUT2D eigenvalue weighted by atomic mass is 16.6. The molecule has 3 aromatic heterocycles. The molecule has 3 heterocycles. The van der Waals surface area contributed by atoms with Gasteiger partial charge in [-0.3, -0.25) is 15.0 Å². The third kappa shape index (κ3) is 4.29. The van der Waals surface area contributed by atoms with E-state index in [1.54, 1.807) is 18.2 Å². The van der Waals surface area contributed by atoms with Crippen LogP contribution in [0.2, 0.25) is 0 Å². The van der Waals surface area contributed by atoms with Crippen LogP contribution in [0.15, 0.2) is 60.9 Å². The zero-order valence-corrected chi connectivity index (χ0v) is 19.4.